The Morgan fingerprint density at radius 2 is 1.86 bits per heavy atom. The molecule has 2 fully saturated rings. The number of aromatic nitrogens is 1. The van der Waals surface area contributed by atoms with Gasteiger partial charge in [-0.3, -0.25) is 9.69 Å². The molecule has 1 aliphatic heterocycles. The van der Waals surface area contributed by atoms with E-state index in [9.17, 15) is 14.0 Å². The Labute approximate surface area is 163 Å². The number of urea groups is 1. The van der Waals surface area contributed by atoms with Gasteiger partial charge in [-0.25, -0.2) is 14.2 Å². The number of amides is 3. The van der Waals surface area contributed by atoms with E-state index in [2.05, 4.69) is 10.3 Å². The van der Waals surface area contributed by atoms with E-state index in [0.717, 1.165) is 19.4 Å². The fourth-order valence-corrected chi connectivity index (χ4v) is 3.96. The highest BCUT2D eigenvalue weighted by atomic mass is 19.1. The van der Waals surface area contributed by atoms with Crippen molar-refractivity contribution in [1.82, 2.24) is 9.88 Å². The SMILES string of the molecule is O=C(Nc1ccc(N2CCN(C3CCCCC3)C2=O)nc1)c1ccccc1F. The molecule has 3 amide bonds. The van der Waals surface area contributed by atoms with Gasteiger partial charge in [0.25, 0.3) is 5.91 Å². The summed E-state index contributed by atoms with van der Waals surface area (Å²) in [7, 11) is 0. The molecule has 0 bridgehead atoms. The van der Waals surface area contributed by atoms with Crippen LogP contribution in [0, 0.1) is 5.82 Å². The summed E-state index contributed by atoms with van der Waals surface area (Å²) in [6, 6.07) is 9.54. The molecule has 1 aromatic carbocycles. The number of nitrogens with one attached hydrogen (secondary N) is 1. The van der Waals surface area contributed by atoms with Gasteiger partial charge >= 0.3 is 6.03 Å². The lowest BCUT2D eigenvalue weighted by Crippen LogP contribution is -2.40. The lowest BCUT2D eigenvalue weighted by molar-refractivity contribution is 0.102. The van der Waals surface area contributed by atoms with E-state index < -0.39 is 11.7 Å². The van der Waals surface area contributed by atoms with Crippen LogP contribution >= 0.6 is 0 Å². The Balaban J connectivity index is 1.41. The average Bonchev–Trinajstić information content (AvgIpc) is 3.11. The molecule has 4 rings (SSSR count). The Morgan fingerprint density at radius 3 is 2.57 bits per heavy atom. The monoisotopic (exact) mass is 382 g/mol. The highest BCUT2D eigenvalue weighted by Gasteiger charge is 2.35. The summed E-state index contributed by atoms with van der Waals surface area (Å²) in [6.07, 6.45) is 7.27. The number of benzene rings is 1. The molecule has 0 radical (unpaired) electrons. The molecule has 6 nitrogen and oxygen atoms in total. The highest BCUT2D eigenvalue weighted by Crippen LogP contribution is 2.28. The summed E-state index contributed by atoms with van der Waals surface area (Å²) in [5.74, 6) is -0.546. The first-order chi connectivity index (χ1) is 13.6. The van der Waals surface area contributed by atoms with Gasteiger partial charge in [0, 0.05) is 19.1 Å². The van der Waals surface area contributed by atoms with E-state index in [0.29, 0.717) is 24.1 Å². The first-order valence-corrected chi connectivity index (χ1v) is 9.73. The molecule has 0 atom stereocenters. The topological polar surface area (TPSA) is 65.5 Å². The normalized spacial score (nSPS) is 17.8. The molecule has 1 aromatic heterocycles. The number of rotatable bonds is 4. The van der Waals surface area contributed by atoms with Gasteiger partial charge in [-0.1, -0.05) is 31.4 Å². The molecule has 7 heteroatoms. The van der Waals surface area contributed by atoms with Crippen LogP contribution in [0.1, 0.15) is 42.5 Å². The van der Waals surface area contributed by atoms with E-state index >= 15 is 0 Å². The van der Waals surface area contributed by atoms with E-state index in [-0.39, 0.29) is 11.6 Å². The van der Waals surface area contributed by atoms with Crippen molar-refractivity contribution in [3.05, 3.63) is 54.0 Å². The number of hydrogen-bond donors (Lipinski definition) is 1. The van der Waals surface area contributed by atoms with Crippen LogP contribution < -0.4 is 10.2 Å². The van der Waals surface area contributed by atoms with Crippen LogP contribution in [0.2, 0.25) is 0 Å². The average molecular weight is 382 g/mol. The molecule has 1 saturated carbocycles. The Kier molecular flexibility index (Phi) is 5.23. The van der Waals surface area contributed by atoms with Gasteiger partial charge in [0.2, 0.25) is 0 Å². The Hall–Kier alpha value is -2.96. The van der Waals surface area contributed by atoms with Crippen molar-refractivity contribution in [2.24, 2.45) is 0 Å². The van der Waals surface area contributed by atoms with Crippen LogP contribution in [0.15, 0.2) is 42.6 Å². The lowest BCUT2D eigenvalue weighted by Gasteiger charge is -2.30. The van der Waals surface area contributed by atoms with Gasteiger partial charge in [0.05, 0.1) is 17.4 Å². The fraction of sp³-hybridized carbons (Fsp3) is 0.381. The number of halogens is 1. The van der Waals surface area contributed by atoms with Crippen molar-refractivity contribution >= 4 is 23.4 Å². The van der Waals surface area contributed by atoms with Crippen molar-refractivity contribution in [2.75, 3.05) is 23.3 Å². The fourth-order valence-electron chi connectivity index (χ4n) is 3.96. The first-order valence-electron chi connectivity index (χ1n) is 9.73. The van der Waals surface area contributed by atoms with Gasteiger partial charge in [-0.15, -0.1) is 0 Å². The van der Waals surface area contributed by atoms with E-state index in [4.69, 9.17) is 0 Å². The summed E-state index contributed by atoms with van der Waals surface area (Å²) in [5, 5.41) is 2.63. The zero-order valence-corrected chi connectivity index (χ0v) is 15.6. The van der Waals surface area contributed by atoms with Crippen LogP contribution in [-0.2, 0) is 0 Å². The number of hydrogen-bond acceptors (Lipinski definition) is 3. The van der Waals surface area contributed by atoms with Crippen LogP contribution in [-0.4, -0.2) is 41.0 Å². The smallest absolute Gasteiger partial charge is 0.320 e. The van der Waals surface area contributed by atoms with Crippen molar-refractivity contribution in [3.8, 4) is 0 Å². The van der Waals surface area contributed by atoms with Gasteiger partial charge < -0.3 is 10.2 Å². The van der Waals surface area contributed by atoms with Gasteiger partial charge in [0.1, 0.15) is 11.6 Å². The third kappa shape index (κ3) is 3.69. The molecule has 2 heterocycles. The predicted molar refractivity (Wildman–Crippen MR) is 105 cm³/mol. The number of carbonyl (C=O) groups is 2. The number of nitrogens with zero attached hydrogens (tertiary/aromatic N) is 3. The van der Waals surface area contributed by atoms with Gasteiger partial charge in [-0.2, -0.15) is 0 Å². The largest absolute Gasteiger partial charge is 0.326 e. The Morgan fingerprint density at radius 1 is 1.07 bits per heavy atom. The summed E-state index contributed by atoms with van der Waals surface area (Å²) in [5.41, 5.74) is 0.428. The molecule has 0 unspecified atom stereocenters. The minimum absolute atomic E-state index is 0.00235. The molecule has 2 aromatic rings. The van der Waals surface area contributed by atoms with Crippen LogP contribution in [0.4, 0.5) is 20.7 Å². The molecule has 28 heavy (non-hydrogen) atoms. The molecule has 1 saturated heterocycles. The Bertz CT molecular complexity index is 865. The van der Waals surface area contributed by atoms with Crippen molar-refractivity contribution in [2.45, 2.75) is 38.1 Å². The minimum Gasteiger partial charge on any atom is -0.320 e. The molecular formula is C21H23FN4O2. The standard InChI is InChI=1S/C21H23FN4O2/c22-18-9-5-4-8-17(18)20(27)24-15-10-11-19(23-14-15)26-13-12-25(21(26)28)16-6-2-1-3-7-16/h4-5,8-11,14,16H,1-3,6-7,12-13H2,(H,24,27). The summed E-state index contributed by atoms with van der Waals surface area (Å²) in [6.45, 7) is 1.33. The zero-order chi connectivity index (χ0) is 19.5. The highest BCUT2D eigenvalue weighted by molar-refractivity contribution is 6.04. The maximum atomic E-state index is 13.7. The van der Waals surface area contributed by atoms with E-state index in [1.54, 1.807) is 23.1 Å². The van der Waals surface area contributed by atoms with Crippen LogP contribution in [0.25, 0.3) is 0 Å². The molecule has 0 spiro atoms. The number of pyridine rings is 1. The summed E-state index contributed by atoms with van der Waals surface area (Å²) in [4.78, 5) is 33.0. The maximum Gasteiger partial charge on any atom is 0.326 e. The quantitative estimate of drug-likeness (QED) is 0.868. The lowest BCUT2D eigenvalue weighted by atomic mass is 9.94. The molecular weight excluding hydrogens is 359 g/mol. The van der Waals surface area contributed by atoms with E-state index in [1.807, 2.05) is 4.90 Å². The molecule has 1 aliphatic carbocycles. The summed E-state index contributed by atoms with van der Waals surface area (Å²) >= 11 is 0. The predicted octanol–water partition coefficient (Wildman–Crippen LogP) is 4.05. The van der Waals surface area contributed by atoms with Crippen molar-refractivity contribution < 1.29 is 14.0 Å². The number of carbonyl (C=O) groups excluding carboxylic acids is 2. The second-order valence-corrected chi connectivity index (χ2v) is 7.26. The molecule has 146 valence electrons. The van der Waals surface area contributed by atoms with Gasteiger partial charge in [0.15, 0.2) is 0 Å². The van der Waals surface area contributed by atoms with Gasteiger partial charge in [-0.05, 0) is 37.1 Å². The second-order valence-electron chi connectivity index (χ2n) is 7.26. The van der Waals surface area contributed by atoms with Crippen molar-refractivity contribution in [1.29, 1.82) is 0 Å². The third-order valence-corrected chi connectivity index (χ3v) is 5.46. The minimum atomic E-state index is -0.574. The maximum absolute atomic E-state index is 13.7. The van der Waals surface area contributed by atoms with Crippen molar-refractivity contribution in [3.63, 3.8) is 0 Å². The molecule has 2 aliphatic rings. The van der Waals surface area contributed by atoms with Crippen LogP contribution in [0.5, 0.6) is 0 Å². The zero-order valence-electron chi connectivity index (χ0n) is 15.6. The van der Waals surface area contributed by atoms with E-state index in [1.165, 1.54) is 43.7 Å². The van der Waals surface area contributed by atoms with Crippen LogP contribution in [0.3, 0.4) is 0 Å². The summed E-state index contributed by atoms with van der Waals surface area (Å²) < 4.78 is 13.7. The number of anilines is 2. The first kappa shape index (κ1) is 18.4. The third-order valence-electron chi connectivity index (χ3n) is 5.46. The molecule has 1 N–H and O–H groups in total. The second kappa shape index (κ2) is 7.96.